The van der Waals surface area contributed by atoms with E-state index in [1.807, 2.05) is 61.5 Å². The Morgan fingerprint density at radius 3 is 2.48 bits per heavy atom. The number of hydrogen-bond donors (Lipinski definition) is 1. The quantitative estimate of drug-likeness (QED) is 0.268. The predicted octanol–water partition coefficient (Wildman–Crippen LogP) is 4.27. The van der Waals surface area contributed by atoms with Gasteiger partial charge in [0.05, 0.1) is 33.6 Å². The molecule has 7 heteroatoms. The molecule has 0 aliphatic heterocycles. The third-order valence-electron chi connectivity index (χ3n) is 5.23. The molecule has 0 radical (unpaired) electrons. The standard InChI is InChI=1S/C26H30N2O5/c1-5-19-14-18(15-23(31-3)24(19)32-4)17-27-28-26(29)25(33-13-12-30-2)22-11-10-20-8-6-7-9-21(20)16-22/h6-11,14-17,25H,5,12-13H2,1-4H3,(H,28,29)/b27-17+. The van der Waals surface area contributed by atoms with E-state index in [9.17, 15) is 4.79 Å². The van der Waals surface area contributed by atoms with Crippen molar-refractivity contribution in [3.63, 3.8) is 0 Å². The van der Waals surface area contributed by atoms with Gasteiger partial charge >= 0.3 is 0 Å². The summed E-state index contributed by atoms with van der Waals surface area (Å²) in [6.45, 7) is 2.69. The molecule has 0 aliphatic rings. The van der Waals surface area contributed by atoms with Crippen LogP contribution in [0.3, 0.4) is 0 Å². The van der Waals surface area contributed by atoms with Crippen LogP contribution >= 0.6 is 0 Å². The molecule has 0 saturated heterocycles. The predicted molar refractivity (Wildman–Crippen MR) is 129 cm³/mol. The fourth-order valence-electron chi connectivity index (χ4n) is 3.58. The number of fused-ring (bicyclic) bond motifs is 1. The molecule has 3 aromatic carbocycles. The maximum atomic E-state index is 13.0. The van der Waals surface area contributed by atoms with E-state index in [0.29, 0.717) is 18.1 Å². The van der Waals surface area contributed by atoms with E-state index < -0.39 is 6.10 Å². The number of rotatable bonds is 11. The first-order valence-corrected chi connectivity index (χ1v) is 10.8. The number of hydrazone groups is 1. The Morgan fingerprint density at radius 2 is 1.79 bits per heavy atom. The normalized spacial score (nSPS) is 12.1. The molecule has 174 valence electrons. The van der Waals surface area contributed by atoms with Crippen LogP contribution in [-0.4, -0.2) is 46.7 Å². The second-order valence-electron chi connectivity index (χ2n) is 7.35. The average molecular weight is 451 g/mol. The monoisotopic (exact) mass is 450 g/mol. The number of nitrogens with one attached hydrogen (secondary N) is 1. The van der Waals surface area contributed by atoms with Gasteiger partial charge < -0.3 is 18.9 Å². The van der Waals surface area contributed by atoms with Crippen LogP contribution in [0, 0.1) is 0 Å². The molecule has 0 fully saturated rings. The van der Waals surface area contributed by atoms with Crippen LogP contribution in [0.1, 0.15) is 29.7 Å². The summed E-state index contributed by atoms with van der Waals surface area (Å²) in [5, 5.41) is 6.28. The highest BCUT2D eigenvalue weighted by atomic mass is 16.5. The molecule has 0 bridgehead atoms. The highest BCUT2D eigenvalue weighted by Crippen LogP contribution is 2.32. The van der Waals surface area contributed by atoms with Gasteiger partial charge in [-0.3, -0.25) is 4.79 Å². The molecule has 0 heterocycles. The van der Waals surface area contributed by atoms with Gasteiger partial charge in [0.25, 0.3) is 5.91 Å². The van der Waals surface area contributed by atoms with Crippen LogP contribution in [0.2, 0.25) is 0 Å². The Bertz CT molecular complexity index is 1090. The molecule has 1 amide bonds. The van der Waals surface area contributed by atoms with Gasteiger partial charge in [0.1, 0.15) is 0 Å². The Balaban J connectivity index is 1.79. The van der Waals surface area contributed by atoms with Crippen molar-refractivity contribution in [2.24, 2.45) is 5.10 Å². The Morgan fingerprint density at radius 1 is 1.00 bits per heavy atom. The maximum absolute atomic E-state index is 13.0. The van der Waals surface area contributed by atoms with Crippen molar-refractivity contribution < 1.29 is 23.7 Å². The van der Waals surface area contributed by atoms with Crippen LogP contribution in [0.5, 0.6) is 11.5 Å². The van der Waals surface area contributed by atoms with Gasteiger partial charge in [0, 0.05) is 7.11 Å². The summed E-state index contributed by atoms with van der Waals surface area (Å²) in [5.41, 5.74) is 5.12. The molecule has 0 saturated carbocycles. The first kappa shape index (κ1) is 24.2. The van der Waals surface area contributed by atoms with Crippen LogP contribution in [-0.2, 0) is 20.7 Å². The fourth-order valence-corrected chi connectivity index (χ4v) is 3.58. The average Bonchev–Trinajstić information content (AvgIpc) is 2.85. The molecule has 3 rings (SSSR count). The van der Waals surface area contributed by atoms with Gasteiger partial charge in [-0.1, -0.05) is 43.3 Å². The largest absolute Gasteiger partial charge is 0.493 e. The fraction of sp³-hybridized carbons (Fsp3) is 0.308. The summed E-state index contributed by atoms with van der Waals surface area (Å²) >= 11 is 0. The Kier molecular flexibility index (Phi) is 8.80. The van der Waals surface area contributed by atoms with Crippen molar-refractivity contribution in [1.82, 2.24) is 5.43 Å². The number of aryl methyl sites for hydroxylation is 1. The van der Waals surface area contributed by atoms with E-state index in [2.05, 4.69) is 10.5 Å². The highest BCUT2D eigenvalue weighted by Gasteiger charge is 2.21. The number of carbonyl (C=O) groups is 1. The molecular formula is C26H30N2O5. The summed E-state index contributed by atoms with van der Waals surface area (Å²) in [6, 6.07) is 17.6. The zero-order chi connectivity index (χ0) is 23.6. The summed E-state index contributed by atoms with van der Waals surface area (Å²) in [5.74, 6) is 0.944. The number of nitrogens with zero attached hydrogens (tertiary/aromatic N) is 1. The molecule has 0 aliphatic carbocycles. The number of carbonyl (C=O) groups excluding carboxylic acids is 1. The third kappa shape index (κ3) is 6.09. The van der Waals surface area contributed by atoms with Gasteiger partial charge in [-0.15, -0.1) is 0 Å². The minimum Gasteiger partial charge on any atom is -0.493 e. The van der Waals surface area contributed by atoms with Crippen molar-refractivity contribution in [2.45, 2.75) is 19.4 Å². The molecule has 33 heavy (non-hydrogen) atoms. The lowest BCUT2D eigenvalue weighted by Crippen LogP contribution is -2.28. The molecule has 1 atom stereocenters. The number of ether oxygens (including phenoxy) is 4. The first-order chi connectivity index (χ1) is 16.1. The van der Waals surface area contributed by atoms with Crippen molar-refractivity contribution in [3.8, 4) is 11.5 Å². The topological polar surface area (TPSA) is 78.4 Å². The minimum atomic E-state index is -0.821. The van der Waals surface area contributed by atoms with Crippen molar-refractivity contribution in [2.75, 3.05) is 34.5 Å². The van der Waals surface area contributed by atoms with Crippen LogP contribution < -0.4 is 14.9 Å². The van der Waals surface area contributed by atoms with E-state index in [-0.39, 0.29) is 12.5 Å². The Labute approximate surface area is 194 Å². The van der Waals surface area contributed by atoms with Gasteiger partial charge in [0.2, 0.25) is 0 Å². The lowest BCUT2D eigenvalue weighted by Gasteiger charge is -2.17. The molecule has 0 spiro atoms. The van der Waals surface area contributed by atoms with Crippen LogP contribution in [0.25, 0.3) is 10.8 Å². The van der Waals surface area contributed by atoms with Crippen molar-refractivity contribution in [1.29, 1.82) is 0 Å². The smallest absolute Gasteiger partial charge is 0.273 e. The van der Waals surface area contributed by atoms with E-state index in [0.717, 1.165) is 33.9 Å². The van der Waals surface area contributed by atoms with E-state index >= 15 is 0 Å². The lowest BCUT2D eigenvalue weighted by atomic mass is 10.0. The zero-order valence-corrected chi connectivity index (χ0v) is 19.5. The van der Waals surface area contributed by atoms with Gasteiger partial charge in [-0.05, 0) is 52.1 Å². The zero-order valence-electron chi connectivity index (χ0n) is 19.5. The molecule has 0 aromatic heterocycles. The SMILES string of the molecule is CCc1cc(/C=N/NC(=O)C(OCCOC)c2ccc3ccccc3c2)cc(OC)c1OC. The van der Waals surface area contributed by atoms with Gasteiger partial charge in [-0.2, -0.15) is 5.10 Å². The number of benzene rings is 3. The van der Waals surface area contributed by atoms with E-state index in [1.54, 1.807) is 27.5 Å². The van der Waals surface area contributed by atoms with E-state index in [1.165, 1.54) is 0 Å². The number of amides is 1. The molecular weight excluding hydrogens is 420 g/mol. The molecule has 3 aromatic rings. The maximum Gasteiger partial charge on any atom is 0.273 e. The lowest BCUT2D eigenvalue weighted by molar-refractivity contribution is -0.134. The van der Waals surface area contributed by atoms with Crippen LogP contribution in [0.4, 0.5) is 0 Å². The highest BCUT2D eigenvalue weighted by molar-refractivity contribution is 5.88. The second kappa shape index (κ2) is 12.0. The summed E-state index contributed by atoms with van der Waals surface area (Å²) in [6.07, 6.45) is 1.52. The minimum absolute atomic E-state index is 0.278. The van der Waals surface area contributed by atoms with Crippen LogP contribution in [0.15, 0.2) is 59.7 Å². The second-order valence-corrected chi connectivity index (χ2v) is 7.35. The summed E-state index contributed by atoms with van der Waals surface area (Å²) in [7, 11) is 4.79. The molecule has 7 nitrogen and oxygen atoms in total. The molecule has 1 unspecified atom stereocenters. The Hall–Kier alpha value is -3.42. The van der Waals surface area contributed by atoms with Crippen molar-refractivity contribution >= 4 is 22.9 Å². The van der Waals surface area contributed by atoms with Gasteiger partial charge in [-0.25, -0.2) is 5.43 Å². The van der Waals surface area contributed by atoms with Crippen molar-refractivity contribution in [3.05, 3.63) is 71.3 Å². The summed E-state index contributed by atoms with van der Waals surface area (Å²) < 4.78 is 21.8. The first-order valence-electron chi connectivity index (χ1n) is 10.8. The van der Waals surface area contributed by atoms with E-state index in [4.69, 9.17) is 18.9 Å². The number of methoxy groups -OCH3 is 3. The molecule has 1 N–H and O–H groups in total. The third-order valence-corrected chi connectivity index (χ3v) is 5.23. The number of hydrogen-bond acceptors (Lipinski definition) is 6. The summed E-state index contributed by atoms with van der Waals surface area (Å²) in [4.78, 5) is 13.0. The van der Waals surface area contributed by atoms with Gasteiger partial charge in [0.15, 0.2) is 17.6 Å².